The highest BCUT2D eigenvalue weighted by Gasteiger charge is 2.34. The van der Waals surface area contributed by atoms with Crippen molar-refractivity contribution in [2.45, 2.75) is 40.0 Å². The normalized spacial score (nSPS) is 15.9. The van der Waals surface area contributed by atoms with Gasteiger partial charge in [0.15, 0.2) is 11.5 Å². The summed E-state index contributed by atoms with van der Waals surface area (Å²) in [6.07, 6.45) is 2.73. The molecule has 1 atom stereocenters. The van der Waals surface area contributed by atoms with Gasteiger partial charge in [-0.1, -0.05) is 20.8 Å². The predicted molar refractivity (Wildman–Crippen MR) is 118 cm³/mol. The van der Waals surface area contributed by atoms with Gasteiger partial charge in [-0.25, -0.2) is 4.79 Å². The number of rotatable bonds is 5. The first-order valence-corrected chi connectivity index (χ1v) is 10.8. The Kier molecular flexibility index (Phi) is 6.41. The van der Waals surface area contributed by atoms with E-state index in [9.17, 15) is 9.59 Å². The molecule has 6 nitrogen and oxygen atoms in total. The van der Waals surface area contributed by atoms with Crippen LogP contribution in [0.5, 0.6) is 11.5 Å². The minimum Gasteiger partial charge on any atom is -0.493 e. The van der Waals surface area contributed by atoms with Crippen LogP contribution in [0.3, 0.4) is 0 Å². The van der Waals surface area contributed by atoms with Gasteiger partial charge >= 0.3 is 5.97 Å². The summed E-state index contributed by atoms with van der Waals surface area (Å²) in [5.41, 5.74) is 2.10. The Balaban J connectivity index is 1.93. The van der Waals surface area contributed by atoms with E-state index in [4.69, 9.17) is 14.2 Å². The van der Waals surface area contributed by atoms with Crippen molar-refractivity contribution in [1.82, 2.24) is 0 Å². The second-order valence-electron chi connectivity index (χ2n) is 8.53. The zero-order valence-corrected chi connectivity index (χ0v) is 19.2. The number of anilines is 1. The van der Waals surface area contributed by atoms with Crippen molar-refractivity contribution in [2.75, 3.05) is 26.6 Å². The highest BCUT2D eigenvalue weighted by atomic mass is 32.1. The number of esters is 1. The van der Waals surface area contributed by atoms with Crippen molar-refractivity contribution in [2.24, 2.45) is 11.3 Å². The van der Waals surface area contributed by atoms with Gasteiger partial charge in [-0.2, -0.15) is 0 Å². The minimum atomic E-state index is -0.413. The van der Waals surface area contributed by atoms with Crippen molar-refractivity contribution >= 4 is 28.2 Å². The van der Waals surface area contributed by atoms with Crippen LogP contribution in [-0.4, -0.2) is 33.2 Å². The van der Waals surface area contributed by atoms with Gasteiger partial charge in [-0.05, 0) is 54.4 Å². The molecule has 0 spiro atoms. The molecule has 0 saturated carbocycles. The highest BCUT2D eigenvalue weighted by Crippen LogP contribution is 2.44. The standard InChI is InChI=1S/C23H29NO5S/c1-23(2,3)14-8-9-15-18(12-14)30-21(19(15)22(26)29-6)24-20(25)13-7-10-16(27-4)17(11-13)28-5/h7,10-11,14H,8-9,12H2,1-6H3,(H,24,25)/t14-/m0/s1. The number of benzene rings is 1. The van der Waals surface area contributed by atoms with E-state index in [0.29, 0.717) is 33.5 Å². The number of fused-ring (bicyclic) bond motifs is 1. The van der Waals surface area contributed by atoms with Gasteiger partial charge in [0.05, 0.1) is 26.9 Å². The van der Waals surface area contributed by atoms with Crippen LogP contribution in [-0.2, 0) is 17.6 Å². The minimum absolute atomic E-state index is 0.191. The van der Waals surface area contributed by atoms with Gasteiger partial charge in [0.2, 0.25) is 0 Å². The van der Waals surface area contributed by atoms with E-state index in [1.807, 2.05) is 0 Å². The molecule has 0 saturated heterocycles. The number of carbonyl (C=O) groups is 2. The maximum absolute atomic E-state index is 12.9. The van der Waals surface area contributed by atoms with Crippen LogP contribution in [0.25, 0.3) is 0 Å². The van der Waals surface area contributed by atoms with Gasteiger partial charge in [-0.3, -0.25) is 4.79 Å². The lowest BCUT2D eigenvalue weighted by molar-refractivity contribution is 0.0600. The third-order valence-electron chi connectivity index (χ3n) is 5.75. The molecule has 1 aromatic heterocycles. The number of amides is 1. The molecular weight excluding hydrogens is 402 g/mol. The number of ether oxygens (including phenoxy) is 3. The lowest BCUT2D eigenvalue weighted by Crippen LogP contribution is -2.26. The molecule has 1 aliphatic rings. The molecule has 162 valence electrons. The molecule has 1 amide bonds. The van der Waals surface area contributed by atoms with Crippen LogP contribution >= 0.6 is 11.3 Å². The van der Waals surface area contributed by atoms with E-state index >= 15 is 0 Å². The van der Waals surface area contributed by atoms with Gasteiger partial charge in [0.1, 0.15) is 5.00 Å². The Morgan fingerprint density at radius 3 is 2.40 bits per heavy atom. The quantitative estimate of drug-likeness (QED) is 0.678. The number of methoxy groups -OCH3 is 3. The Bertz CT molecular complexity index is 957. The Labute approximate surface area is 181 Å². The summed E-state index contributed by atoms with van der Waals surface area (Å²) in [7, 11) is 4.43. The average Bonchev–Trinajstić information content (AvgIpc) is 3.08. The lowest BCUT2D eigenvalue weighted by atomic mass is 9.72. The zero-order valence-electron chi connectivity index (χ0n) is 18.4. The third-order valence-corrected chi connectivity index (χ3v) is 6.92. The van der Waals surface area contributed by atoms with Gasteiger partial charge in [0, 0.05) is 10.4 Å². The van der Waals surface area contributed by atoms with Crippen LogP contribution in [0.15, 0.2) is 18.2 Å². The maximum Gasteiger partial charge on any atom is 0.341 e. The Morgan fingerprint density at radius 2 is 1.80 bits per heavy atom. The van der Waals surface area contributed by atoms with E-state index in [2.05, 4.69) is 26.1 Å². The smallest absolute Gasteiger partial charge is 0.341 e. The van der Waals surface area contributed by atoms with Crippen molar-refractivity contribution in [3.8, 4) is 11.5 Å². The summed E-state index contributed by atoms with van der Waals surface area (Å²) in [5, 5.41) is 3.47. The SMILES string of the molecule is COC(=O)c1c(NC(=O)c2ccc(OC)c(OC)c2)sc2c1CC[C@H](C(C)(C)C)C2. The molecule has 30 heavy (non-hydrogen) atoms. The summed E-state index contributed by atoms with van der Waals surface area (Å²) >= 11 is 1.48. The number of thiophene rings is 1. The molecule has 1 N–H and O–H groups in total. The van der Waals surface area contributed by atoms with Crippen LogP contribution in [0.2, 0.25) is 0 Å². The lowest BCUT2D eigenvalue weighted by Gasteiger charge is -2.33. The number of hydrogen-bond acceptors (Lipinski definition) is 6. The van der Waals surface area contributed by atoms with Crippen LogP contribution in [0.1, 0.15) is 58.3 Å². The van der Waals surface area contributed by atoms with E-state index in [1.165, 1.54) is 25.6 Å². The second kappa shape index (κ2) is 8.68. The fraction of sp³-hybridized carbons (Fsp3) is 0.478. The molecule has 0 fully saturated rings. The molecule has 0 radical (unpaired) electrons. The van der Waals surface area contributed by atoms with Crippen LogP contribution in [0.4, 0.5) is 5.00 Å². The third kappa shape index (κ3) is 4.31. The first kappa shape index (κ1) is 22.2. The second-order valence-corrected chi connectivity index (χ2v) is 9.63. The maximum atomic E-state index is 12.9. The van der Waals surface area contributed by atoms with Gasteiger partial charge in [-0.15, -0.1) is 11.3 Å². The largest absolute Gasteiger partial charge is 0.493 e. The summed E-state index contributed by atoms with van der Waals surface area (Å²) in [6.45, 7) is 6.74. The van der Waals surface area contributed by atoms with Gasteiger partial charge < -0.3 is 19.5 Å². The van der Waals surface area contributed by atoms with E-state index in [-0.39, 0.29) is 11.3 Å². The number of hydrogen-bond donors (Lipinski definition) is 1. The van der Waals surface area contributed by atoms with Crippen LogP contribution < -0.4 is 14.8 Å². The fourth-order valence-electron chi connectivity index (χ4n) is 3.88. The molecular formula is C23H29NO5S. The molecule has 2 aromatic rings. The fourth-order valence-corrected chi connectivity index (χ4v) is 5.19. The molecule has 1 heterocycles. The molecule has 1 aromatic carbocycles. The molecule has 0 bridgehead atoms. The predicted octanol–water partition coefficient (Wildman–Crippen LogP) is 4.96. The van der Waals surface area contributed by atoms with Gasteiger partial charge in [0.25, 0.3) is 5.91 Å². The Hall–Kier alpha value is -2.54. The molecule has 7 heteroatoms. The molecule has 0 unspecified atom stereocenters. The summed E-state index contributed by atoms with van der Waals surface area (Å²) in [6, 6.07) is 4.97. The molecule has 1 aliphatic carbocycles. The first-order chi connectivity index (χ1) is 14.2. The average molecular weight is 432 g/mol. The van der Waals surface area contributed by atoms with E-state index < -0.39 is 5.97 Å². The summed E-state index contributed by atoms with van der Waals surface area (Å²) in [4.78, 5) is 26.6. The van der Waals surface area contributed by atoms with Crippen molar-refractivity contribution in [3.63, 3.8) is 0 Å². The van der Waals surface area contributed by atoms with Crippen molar-refractivity contribution < 1.29 is 23.8 Å². The summed E-state index contributed by atoms with van der Waals surface area (Å²) in [5.74, 6) is 0.820. The van der Waals surface area contributed by atoms with Crippen molar-refractivity contribution in [3.05, 3.63) is 39.8 Å². The zero-order chi connectivity index (χ0) is 22.1. The monoisotopic (exact) mass is 431 g/mol. The van der Waals surface area contributed by atoms with E-state index in [1.54, 1.807) is 25.3 Å². The number of nitrogens with one attached hydrogen (secondary N) is 1. The molecule has 3 rings (SSSR count). The topological polar surface area (TPSA) is 73.9 Å². The number of carbonyl (C=O) groups excluding carboxylic acids is 2. The summed E-state index contributed by atoms with van der Waals surface area (Å²) < 4.78 is 15.6. The first-order valence-electron chi connectivity index (χ1n) is 9.95. The highest BCUT2D eigenvalue weighted by molar-refractivity contribution is 7.17. The van der Waals surface area contributed by atoms with Crippen molar-refractivity contribution in [1.29, 1.82) is 0 Å². The molecule has 0 aliphatic heterocycles. The van der Waals surface area contributed by atoms with E-state index in [0.717, 1.165) is 29.7 Å². The Morgan fingerprint density at radius 1 is 1.10 bits per heavy atom. The van der Waals surface area contributed by atoms with Crippen LogP contribution in [0, 0.1) is 11.3 Å².